The van der Waals surface area contributed by atoms with Crippen molar-refractivity contribution in [2.45, 2.75) is 12.5 Å². The monoisotopic (exact) mass is 199 g/mol. The Balaban J connectivity index is 2.58. The van der Waals surface area contributed by atoms with Crippen molar-refractivity contribution < 1.29 is 0 Å². The third-order valence-electron chi connectivity index (χ3n) is 2.48. The van der Waals surface area contributed by atoms with Crippen molar-refractivity contribution in [2.75, 3.05) is 0 Å². The largest absolute Gasteiger partial charge is 0.322 e. The summed E-state index contributed by atoms with van der Waals surface area (Å²) >= 11 is 0. The Bertz CT molecular complexity index is 519. The zero-order valence-electron chi connectivity index (χ0n) is 8.64. The number of hydrogen-bond donors (Lipinski definition) is 1. The van der Waals surface area contributed by atoms with Crippen molar-refractivity contribution in [1.82, 2.24) is 9.78 Å². The van der Waals surface area contributed by atoms with Crippen molar-refractivity contribution in [3.05, 3.63) is 30.0 Å². The molecule has 1 unspecified atom stereocenters. The predicted molar refractivity (Wildman–Crippen MR) is 61.1 cm³/mol. The zero-order valence-corrected chi connectivity index (χ0v) is 8.64. The van der Waals surface area contributed by atoms with Crippen LogP contribution in [0.15, 0.2) is 24.3 Å². The molecule has 0 spiro atoms. The molecule has 0 aliphatic heterocycles. The fourth-order valence-corrected chi connectivity index (χ4v) is 1.74. The highest BCUT2D eigenvalue weighted by atomic mass is 15.3. The Morgan fingerprint density at radius 1 is 1.53 bits per heavy atom. The van der Waals surface area contributed by atoms with Crippen LogP contribution in [0.4, 0.5) is 0 Å². The first kappa shape index (κ1) is 9.75. The van der Waals surface area contributed by atoms with Gasteiger partial charge in [0.1, 0.15) is 0 Å². The molecule has 3 heteroatoms. The Morgan fingerprint density at radius 2 is 2.27 bits per heavy atom. The maximum absolute atomic E-state index is 5.97. The molecular weight excluding hydrogens is 186 g/mol. The molecule has 0 saturated heterocycles. The Hall–Kier alpha value is -1.79. The van der Waals surface area contributed by atoms with Crippen molar-refractivity contribution in [3.63, 3.8) is 0 Å². The number of terminal acetylenes is 1. The van der Waals surface area contributed by atoms with Gasteiger partial charge in [-0.2, -0.15) is 5.10 Å². The van der Waals surface area contributed by atoms with Crippen molar-refractivity contribution in [1.29, 1.82) is 0 Å². The summed E-state index contributed by atoms with van der Waals surface area (Å²) in [5.74, 6) is 2.57. The molecule has 3 nitrogen and oxygen atoms in total. The lowest BCUT2D eigenvalue weighted by Gasteiger charge is -2.03. The predicted octanol–water partition coefficient (Wildman–Crippen LogP) is 1.60. The standard InChI is InChI=1S/C12H13N3/c1-3-6-10(13)12-9-7-4-5-8-11(9)15(2)14-12/h1,4-5,7-8,10H,6,13H2,2H3. The van der Waals surface area contributed by atoms with Gasteiger partial charge in [0, 0.05) is 18.9 Å². The summed E-state index contributed by atoms with van der Waals surface area (Å²) < 4.78 is 1.83. The van der Waals surface area contributed by atoms with Crippen molar-refractivity contribution in [2.24, 2.45) is 12.8 Å². The van der Waals surface area contributed by atoms with Crippen LogP contribution in [0.2, 0.25) is 0 Å². The molecule has 15 heavy (non-hydrogen) atoms. The maximum atomic E-state index is 5.97. The highest BCUT2D eigenvalue weighted by Gasteiger charge is 2.13. The van der Waals surface area contributed by atoms with E-state index in [-0.39, 0.29) is 6.04 Å². The lowest BCUT2D eigenvalue weighted by atomic mass is 10.1. The van der Waals surface area contributed by atoms with Crippen molar-refractivity contribution >= 4 is 10.9 Å². The van der Waals surface area contributed by atoms with E-state index in [4.69, 9.17) is 12.2 Å². The van der Waals surface area contributed by atoms with Crippen LogP contribution in [-0.4, -0.2) is 9.78 Å². The number of aryl methyl sites for hydroxylation is 1. The van der Waals surface area contributed by atoms with Crippen LogP contribution < -0.4 is 5.73 Å². The highest BCUT2D eigenvalue weighted by Crippen LogP contribution is 2.23. The number of para-hydroxylation sites is 1. The molecule has 1 aromatic heterocycles. The van der Waals surface area contributed by atoms with Gasteiger partial charge < -0.3 is 5.73 Å². The minimum absolute atomic E-state index is 0.180. The minimum atomic E-state index is -0.180. The van der Waals surface area contributed by atoms with E-state index in [9.17, 15) is 0 Å². The summed E-state index contributed by atoms with van der Waals surface area (Å²) in [5.41, 5.74) is 7.93. The molecule has 0 aliphatic rings. The third kappa shape index (κ3) is 1.60. The van der Waals surface area contributed by atoms with E-state index >= 15 is 0 Å². The van der Waals surface area contributed by atoms with Gasteiger partial charge in [-0.25, -0.2) is 0 Å². The van der Waals surface area contributed by atoms with Gasteiger partial charge in [-0.05, 0) is 6.07 Å². The molecule has 0 radical (unpaired) electrons. The first-order valence-corrected chi connectivity index (χ1v) is 4.84. The fraction of sp³-hybridized carbons (Fsp3) is 0.250. The zero-order chi connectivity index (χ0) is 10.8. The van der Waals surface area contributed by atoms with Crippen LogP contribution >= 0.6 is 0 Å². The number of fused-ring (bicyclic) bond motifs is 1. The smallest absolute Gasteiger partial charge is 0.0880 e. The Morgan fingerprint density at radius 3 is 3.00 bits per heavy atom. The average molecular weight is 199 g/mol. The third-order valence-corrected chi connectivity index (χ3v) is 2.48. The lowest BCUT2D eigenvalue weighted by molar-refractivity contribution is 0.683. The number of nitrogens with zero attached hydrogens (tertiary/aromatic N) is 2. The molecule has 2 aromatic rings. The number of benzene rings is 1. The van der Waals surface area contributed by atoms with Crippen LogP contribution in [-0.2, 0) is 7.05 Å². The van der Waals surface area contributed by atoms with E-state index in [0.717, 1.165) is 16.6 Å². The van der Waals surface area contributed by atoms with E-state index in [1.165, 1.54) is 0 Å². The Labute approximate surface area is 88.9 Å². The molecule has 0 amide bonds. The summed E-state index contributed by atoms with van der Waals surface area (Å²) in [5, 5.41) is 5.49. The quantitative estimate of drug-likeness (QED) is 0.746. The van der Waals surface area contributed by atoms with Gasteiger partial charge in [-0.15, -0.1) is 12.3 Å². The molecule has 2 rings (SSSR count). The van der Waals surface area contributed by atoms with E-state index in [0.29, 0.717) is 6.42 Å². The van der Waals surface area contributed by atoms with Crippen LogP contribution in [0.5, 0.6) is 0 Å². The summed E-state index contributed by atoms with van der Waals surface area (Å²) in [7, 11) is 1.91. The highest BCUT2D eigenvalue weighted by molar-refractivity contribution is 5.82. The van der Waals surface area contributed by atoms with Crippen LogP contribution in [0, 0.1) is 12.3 Å². The van der Waals surface area contributed by atoms with Gasteiger partial charge >= 0.3 is 0 Å². The summed E-state index contributed by atoms with van der Waals surface area (Å²) in [4.78, 5) is 0. The molecule has 76 valence electrons. The summed E-state index contributed by atoms with van der Waals surface area (Å²) in [6.07, 6.45) is 5.77. The first-order chi connectivity index (χ1) is 7.24. The molecule has 0 aliphatic carbocycles. The fourth-order valence-electron chi connectivity index (χ4n) is 1.74. The number of hydrogen-bond acceptors (Lipinski definition) is 2. The first-order valence-electron chi connectivity index (χ1n) is 4.84. The topological polar surface area (TPSA) is 43.8 Å². The normalized spacial score (nSPS) is 12.6. The Kier molecular flexibility index (Phi) is 2.44. The van der Waals surface area contributed by atoms with Gasteiger partial charge in [-0.1, -0.05) is 18.2 Å². The molecule has 0 saturated carbocycles. The molecule has 1 aromatic carbocycles. The lowest BCUT2D eigenvalue weighted by Crippen LogP contribution is -2.10. The number of rotatable bonds is 2. The van der Waals surface area contributed by atoms with Crippen LogP contribution in [0.1, 0.15) is 18.2 Å². The summed E-state index contributed by atoms with van der Waals surface area (Å²) in [6.45, 7) is 0. The van der Waals surface area contributed by atoms with E-state index in [1.807, 2.05) is 36.0 Å². The van der Waals surface area contributed by atoms with Crippen LogP contribution in [0.3, 0.4) is 0 Å². The molecule has 0 bridgehead atoms. The van der Waals surface area contributed by atoms with Gasteiger partial charge in [0.05, 0.1) is 17.3 Å². The average Bonchev–Trinajstić information content (AvgIpc) is 2.58. The van der Waals surface area contributed by atoms with E-state index in [1.54, 1.807) is 0 Å². The molecular formula is C12H13N3. The van der Waals surface area contributed by atoms with Gasteiger partial charge in [0.15, 0.2) is 0 Å². The van der Waals surface area contributed by atoms with Crippen molar-refractivity contribution in [3.8, 4) is 12.3 Å². The summed E-state index contributed by atoms with van der Waals surface area (Å²) in [6, 6.07) is 7.83. The molecule has 1 heterocycles. The van der Waals surface area contributed by atoms with Gasteiger partial charge in [0.25, 0.3) is 0 Å². The number of nitrogens with two attached hydrogens (primary N) is 1. The minimum Gasteiger partial charge on any atom is -0.322 e. The SMILES string of the molecule is C#CCC(N)c1nn(C)c2ccccc12. The second-order valence-electron chi connectivity index (χ2n) is 3.54. The second-order valence-corrected chi connectivity index (χ2v) is 3.54. The van der Waals surface area contributed by atoms with Crippen LogP contribution in [0.25, 0.3) is 10.9 Å². The molecule has 0 fully saturated rings. The van der Waals surface area contributed by atoms with E-state index < -0.39 is 0 Å². The molecule has 1 atom stereocenters. The van der Waals surface area contributed by atoms with E-state index in [2.05, 4.69) is 11.0 Å². The second kappa shape index (κ2) is 3.76. The molecule has 2 N–H and O–H groups in total. The maximum Gasteiger partial charge on any atom is 0.0880 e. The number of aromatic nitrogens is 2. The van der Waals surface area contributed by atoms with Gasteiger partial charge in [0.2, 0.25) is 0 Å². The van der Waals surface area contributed by atoms with Gasteiger partial charge in [-0.3, -0.25) is 4.68 Å².